The van der Waals surface area contributed by atoms with Gasteiger partial charge in [-0.3, -0.25) is 0 Å². The zero-order valence-corrected chi connectivity index (χ0v) is 15.9. The first-order chi connectivity index (χ1) is 11.6. The van der Waals surface area contributed by atoms with E-state index in [4.69, 9.17) is 4.74 Å². The fourth-order valence-corrected chi connectivity index (χ4v) is 3.17. The number of likely N-dealkylation sites (tertiary alicyclic amines) is 1. The number of rotatable bonds is 3. The van der Waals surface area contributed by atoms with Crippen molar-refractivity contribution in [1.82, 2.24) is 9.73 Å². The maximum absolute atomic E-state index is 12.3. The Balaban J connectivity index is 2.03. The van der Waals surface area contributed by atoms with Crippen LogP contribution in [0.3, 0.4) is 0 Å². The van der Waals surface area contributed by atoms with E-state index in [1.54, 1.807) is 32.9 Å². The van der Waals surface area contributed by atoms with Gasteiger partial charge in [0.1, 0.15) is 5.60 Å². The van der Waals surface area contributed by atoms with Crippen LogP contribution < -0.4 is 4.83 Å². The maximum Gasteiger partial charge on any atom is 0.410 e. The van der Waals surface area contributed by atoms with Crippen molar-refractivity contribution in [1.29, 1.82) is 0 Å². The molecule has 1 saturated heterocycles. The highest BCUT2D eigenvalue weighted by molar-refractivity contribution is 7.89. The van der Waals surface area contributed by atoms with Crippen molar-refractivity contribution in [3.8, 4) is 0 Å². The Hall–Kier alpha value is -2.09. The molecule has 1 N–H and O–H groups in total. The summed E-state index contributed by atoms with van der Waals surface area (Å²) >= 11 is 0. The average Bonchev–Trinajstić information content (AvgIpc) is 2.52. The van der Waals surface area contributed by atoms with Crippen molar-refractivity contribution in [2.75, 3.05) is 13.1 Å². The summed E-state index contributed by atoms with van der Waals surface area (Å²) in [6.07, 6.45) is 0.932. The smallest absolute Gasteiger partial charge is 0.410 e. The van der Waals surface area contributed by atoms with Crippen molar-refractivity contribution in [2.45, 2.75) is 51.0 Å². The molecule has 1 aromatic rings. The number of amides is 1. The van der Waals surface area contributed by atoms with Gasteiger partial charge in [-0.25, -0.2) is 9.63 Å². The molecule has 1 aliphatic heterocycles. The quantitative estimate of drug-likeness (QED) is 0.832. The van der Waals surface area contributed by atoms with Crippen LogP contribution in [0.2, 0.25) is 0 Å². The van der Waals surface area contributed by atoms with Gasteiger partial charge in [0, 0.05) is 6.54 Å². The number of benzene rings is 1. The van der Waals surface area contributed by atoms with Gasteiger partial charge in [-0.2, -0.15) is 13.5 Å². The van der Waals surface area contributed by atoms with Crippen LogP contribution in [0.25, 0.3) is 0 Å². The normalized spacial score (nSPS) is 17.4. The van der Waals surface area contributed by atoms with E-state index < -0.39 is 21.7 Å². The number of hydrazone groups is 1. The molecular weight excluding hydrogens is 342 g/mol. The van der Waals surface area contributed by atoms with Gasteiger partial charge in [-0.05, 0) is 52.7 Å². The van der Waals surface area contributed by atoms with Gasteiger partial charge in [0.05, 0.1) is 17.2 Å². The van der Waals surface area contributed by atoms with Gasteiger partial charge >= 0.3 is 6.09 Å². The summed E-state index contributed by atoms with van der Waals surface area (Å²) in [6.45, 7) is 8.12. The largest absolute Gasteiger partial charge is 0.444 e. The summed E-state index contributed by atoms with van der Waals surface area (Å²) in [5, 5.41) is 4.01. The van der Waals surface area contributed by atoms with Crippen LogP contribution in [0.1, 0.15) is 39.2 Å². The third-order valence-corrected chi connectivity index (χ3v) is 4.80. The first kappa shape index (κ1) is 19.2. The number of carbonyl (C=O) groups excluding carboxylic acids is 1. The van der Waals surface area contributed by atoms with E-state index in [-0.39, 0.29) is 11.4 Å². The maximum atomic E-state index is 12.3. The number of piperidine rings is 1. The van der Waals surface area contributed by atoms with Crippen molar-refractivity contribution in [3.63, 3.8) is 0 Å². The minimum atomic E-state index is -3.72. The lowest BCUT2D eigenvalue weighted by Crippen LogP contribution is -2.43. The summed E-state index contributed by atoms with van der Waals surface area (Å²) in [5.41, 5.74) is 1.01. The van der Waals surface area contributed by atoms with Gasteiger partial charge in [-0.1, -0.05) is 17.7 Å². The molecule has 1 amide bonds. The number of hydrogen-bond donors (Lipinski definition) is 1. The average molecular weight is 367 g/mol. The molecule has 1 heterocycles. The van der Waals surface area contributed by atoms with E-state index in [0.717, 1.165) is 5.56 Å². The highest BCUT2D eigenvalue weighted by Crippen LogP contribution is 2.15. The molecule has 8 heteroatoms. The SMILES string of the molecule is Cc1ccc(S(=O)(=O)NN=C2CCCN(C(=O)OC(C)(C)C)C2)cc1. The van der Waals surface area contributed by atoms with E-state index in [2.05, 4.69) is 9.93 Å². The topological polar surface area (TPSA) is 88.1 Å². The number of carbonyl (C=O) groups is 1. The molecular formula is C17H25N3O4S. The number of nitrogens with zero attached hydrogens (tertiary/aromatic N) is 2. The predicted octanol–water partition coefficient (Wildman–Crippen LogP) is 2.66. The Morgan fingerprint density at radius 2 is 1.88 bits per heavy atom. The van der Waals surface area contributed by atoms with Gasteiger partial charge in [0.15, 0.2) is 0 Å². The van der Waals surface area contributed by atoms with Crippen LogP contribution in [-0.4, -0.2) is 43.8 Å². The molecule has 1 aliphatic rings. The fourth-order valence-electron chi connectivity index (χ4n) is 2.32. The molecule has 0 spiro atoms. The molecule has 7 nitrogen and oxygen atoms in total. The van der Waals surface area contributed by atoms with Crippen LogP contribution in [0.5, 0.6) is 0 Å². The van der Waals surface area contributed by atoms with Crippen LogP contribution in [0.4, 0.5) is 4.79 Å². The van der Waals surface area contributed by atoms with Crippen molar-refractivity contribution in [3.05, 3.63) is 29.8 Å². The first-order valence-electron chi connectivity index (χ1n) is 8.19. The Morgan fingerprint density at radius 3 is 2.48 bits per heavy atom. The lowest BCUT2D eigenvalue weighted by atomic mass is 10.1. The third kappa shape index (κ3) is 5.74. The van der Waals surface area contributed by atoms with Crippen molar-refractivity contribution < 1.29 is 17.9 Å². The van der Waals surface area contributed by atoms with Gasteiger partial charge in [-0.15, -0.1) is 0 Å². The minimum absolute atomic E-state index is 0.155. The Morgan fingerprint density at radius 1 is 1.24 bits per heavy atom. The summed E-state index contributed by atoms with van der Waals surface area (Å²) < 4.78 is 29.9. The molecule has 0 aliphatic carbocycles. The van der Waals surface area contributed by atoms with Crippen LogP contribution >= 0.6 is 0 Å². The number of sulfonamides is 1. The molecule has 0 unspecified atom stereocenters. The fraction of sp³-hybridized carbons (Fsp3) is 0.529. The summed E-state index contributed by atoms with van der Waals surface area (Å²) in [5.74, 6) is 0. The lowest BCUT2D eigenvalue weighted by molar-refractivity contribution is 0.0266. The summed E-state index contributed by atoms with van der Waals surface area (Å²) in [4.78, 5) is 16.1. The van der Waals surface area contributed by atoms with Crippen LogP contribution in [-0.2, 0) is 14.8 Å². The zero-order chi connectivity index (χ0) is 18.7. The third-order valence-electron chi connectivity index (χ3n) is 3.57. The van der Waals surface area contributed by atoms with Crippen LogP contribution in [0.15, 0.2) is 34.3 Å². The Bertz CT molecular complexity index is 749. The monoisotopic (exact) mass is 367 g/mol. The Labute approximate surface area is 149 Å². The molecule has 0 radical (unpaired) electrons. The minimum Gasteiger partial charge on any atom is -0.444 e. The van der Waals surface area contributed by atoms with E-state index in [1.807, 2.05) is 6.92 Å². The summed E-state index contributed by atoms with van der Waals surface area (Å²) in [6, 6.07) is 6.52. The molecule has 0 saturated carbocycles. The second-order valence-electron chi connectivity index (χ2n) is 7.09. The highest BCUT2D eigenvalue weighted by atomic mass is 32.2. The number of ether oxygens (including phenoxy) is 1. The highest BCUT2D eigenvalue weighted by Gasteiger charge is 2.26. The number of aryl methyl sites for hydroxylation is 1. The molecule has 1 aromatic carbocycles. The van der Waals surface area contributed by atoms with E-state index in [9.17, 15) is 13.2 Å². The van der Waals surface area contributed by atoms with E-state index in [0.29, 0.717) is 25.1 Å². The lowest BCUT2D eigenvalue weighted by Gasteiger charge is -2.30. The molecule has 0 atom stereocenters. The van der Waals surface area contributed by atoms with E-state index >= 15 is 0 Å². The zero-order valence-electron chi connectivity index (χ0n) is 15.1. The second kappa shape index (κ2) is 7.43. The van der Waals surface area contributed by atoms with Gasteiger partial charge in [0.25, 0.3) is 10.0 Å². The summed E-state index contributed by atoms with van der Waals surface area (Å²) in [7, 11) is -3.72. The van der Waals surface area contributed by atoms with E-state index in [1.165, 1.54) is 17.0 Å². The molecule has 25 heavy (non-hydrogen) atoms. The van der Waals surface area contributed by atoms with Gasteiger partial charge < -0.3 is 9.64 Å². The van der Waals surface area contributed by atoms with Gasteiger partial charge in [0.2, 0.25) is 0 Å². The molecule has 0 bridgehead atoms. The predicted molar refractivity (Wildman–Crippen MR) is 96.0 cm³/mol. The molecule has 2 rings (SSSR count). The standard InChI is InChI=1S/C17H25N3O4S/c1-13-7-9-15(10-8-13)25(22,23)19-18-14-6-5-11-20(12-14)16(21)24-17(2,3)4/h7-10,19H,5-6,11-12H2,1-4H3. The number of nitrogens with one attached hydrogen (secondary N) is 1. The van der Waals surface area contributed by atoms with Crippen molar-refractivity contribution in [2.24, 2.45) is 5.10 Å². The van der Waals surface area contributed by atoms with Crippen molar-refractivity contribution >= 4 is 21.8 Å². The molecule has 138 valence electrons. The molecule has 0 aromatic heterocycles. The first-order valence-corrected chi connectivity index (χ1v) is 9.67. The second-order valence-corrected chi connectivity index (χ2v) is 8.75. The molecule has 1 fully saturated rings. The van der Waals surface area contributed by atoms with Crippen LogP contribution in [0, 0.1) is 6.92 Å². The number of hydrogen-bond acceptors (Lipinski definition) is 5. The Kier molecular flexibility index (Phi) is 5.72.